The first kappa shape index (κ1) is 17.3. The van der Waals surface area contributed by atoms with Gasteiger partial charge in [0.25, 0.3) is 5.69 Å². The van der Waals surface area contributed by atoms with Gasteiger partial charge in [-0.2, -0.15) is 4.31 Å². The van der Waals surface area contributed by atoms with Crippen molar-refractivity contribution in [2.24, 2.45) is 0 Å². The van der Waals surface area contributed by atoms with Crippen LogP contribution in [-0.2, 0) is 19.9 Å². The molecule has 0 radical (unpaired) electrons. The quantitative estimate of drug-likeness (QED) is 0.537. The summed E-state index contributed by atoms with van der Waals surface area (Å²) in [4.78, 5) is 9.68. The van der Waals surface area contributed by atoms with E-state index in [1.54, 1.807) is 0 Å². The molecule has 1 aromatic rings. The fourth-order valence-electron chi connectivity index (χ4n) is 1.40. The maximum Gasteiger partial charge on any atom is 0.270 e. The zero-order valence-corrected chi connectivity index (χ0v) is 12.8. The number of nitro benzene ring substituents is 1. The van der Waals surface area contributed by atoms with E-state index in [0.717, 1.165) is 15.8 Å². The number of rotatable bonds is 7. The molecule has 21 heavy (non-hydrogen) atoms. The molecule has 0 amide bonds. The Bertz CT molecular complexity index is 755. The Morgan fingerprint density at radius 2 is 1.95 bits per heavy atom. The lowest BCUT2D eigenvalue weighted by atomic mass is 10.3. The molecule has 0 fully saturated rings. The number of benzene rings is 1. The topological polar surface area (TPSA) is 115 Å². The number of non-ortho nitro benzene ring substituents is 1. The molecule has 0 aliphatic carbocycles. The summed E-state index contributed by atoms with van der Waals surface area (Å²) in [5.41, 5.74) is -0.358. The molecule has 0 bridgehead atoms. The van der Waals surface area contributed by atoms with Gasteiger partial charge in [0.2, 0.25) is 10.0 Å². The van der Waals surface area contributed by atoms with E-state index in [9.17, 15) is 26.9 Å². The van der Waals surface area contributed by atoms with Crippen molar-refractivity contribution in [2.45, 2.75) is 4.90 Å². The average Bonchev–Trinajstić information content (AvgIpc) is 2.44. The molecule has 0 spiro atoms. The molecule has 0 saturated heterocycles. The lowest BCUT2D eigenvalue weighted by Crippen LogP contribution is -2.31. The molecule has 116 valence electrons. The highest BCUT2D eigenvalue weighted by Gasteiger charge is 2.23. The van der Waals surface area contributed by atoms with Crippen molar-refractivity contribution in [2.75, 3.05) is 19.3 Å². The predicted molar refractivity (Wildman–Crippen MR) is 76.9 cm³/mol. The van der Waals surface area contributed by atoms with Crippen LogP contribution in [0.25, 0.3) is 0 Å². The normalized spacial score (nSPS) is 12.3. The third-order valence-corrected chi connectivity index (χ3v) is 5.79. The minimum absolute atomic E-state index is 0.268. The Labute approximate surface area is 122 Å². The van der Waals surface area contributed by atoms with Gasteiger partial charge in [-0.15, -0.1) is 0 Å². The second-order valence-electron chi connectivity index (χ2n) is 4.11. The number of hydrogen-bond acceptors (Lipinski definition) is 6. The fraction of sp³-hybridized carbons (Fsp3) is 0.273. The van der Waals surface area contributed by atoms with E-state index in [0.29, 0.717) is 0 Å². The van der Waals surface area contributed by atoms with Crippen LogP contribution in [0.15, 0.2) is 41.1 Å². The van der Waals surface area contributed by atoms with E-state index in [1.165, 1.54) is 25.2 Å². The molecular weight excluding hydrogens is 320 g/mol. The van der Waals surface area contributed by atoms with E-state index < -0.39 is 30.5 Å². The second-order valence-corrected chi connectivity index (χ2v) is 8.23. The van der Waals surface area contributed by atoms with Crippen LogP contribution in [0, 0.1) is 10.1 Å². The average molecular weight is 334 g/mol. The number of sulfonamides is 1. The van der Waals surface area contributed by atoms with Crippen LogP contribution in [0.1, 0.15) is 0 Å². The molecular formula is C11H14N2O6S2. The van der Waals surface area contributed by atoms with Gasteiger partial charge in [-0.3, -0.25) is 10.1 Å². The molecule has 0 aliphatic heterocycles. The predicted octanol–water partition coefficient (Wildman–Crippen LogP) is 0.774. The van der Waals surface area contributed by atoms with Crippen molar-refractivity contribution in [1.29, 1.82) is 0 Å². The van der Waals surface area contributed by atoms with Crippen LogP contribution < -0.4 is 0 Å². The van der Waals surface area contributed by atoms with E-state index in [1.807, 2.05) is 0 Å². The Morgan fingerprint density at radius 1 is 1.33 bits per heavy atom. The van der Waals surface area contributed by atoms with Gasteiger partial charge in [-0.25, -0.2) is 16.8 Å². The van der Waals surface area contributed by atoms with Crippen LogP contribution in [-0.4, -0.2) is 45.4 Å². The minimum Gasteiger partial charge on any atom is -0.258 e. The monoisotopic (exact) mass is 334 g/mol. The van der Waals surface area contributed by atoms with Gasteiger partial charge >= 0.3 is 0 Å². The molecule has 0 saturated carbocycles. The highest BCUT2D eigenvalue weighted by atomic mass is 32.2. The van der Waals surface area contributed by atoms with Crippen LogP contribution in [0.3, 0.4) is 0 Å². The van der Waals surface area contributed by atoms with Crippen molar-refractivity contribution in [3.8, 4) is 0 Å². The Balaban J connectivity index is 3.02. The standard InChI is InChI=1S/C11H14N2O6S2/c1-3-20(16,17)8-7-12(2)21(18,19)11-6-4-5-10(9-11)13(14)15/h3-6,9H,1,7-8H2,2H3. The molecule has 0 heterocycles. The van der Waals surface area contributed by atoms with Gasteiger partial charge in [0.1, 0.15) is 0 Å². The van der Waals surface area contributed by atoms with Crippen LogP contribution in [0.2, 0.25) is 0 Å². The molecule has 8 nitrogen and oxygen atoms in total. The van der Waals surface area contributed by atoms with Gasteiger partial charge in [-0.1, -0.05) is 12.6 Å². The lowest BCUT2D eigenvalue weighted by Gasteiger charge is -2.16. The number of sulfone groups is 1. The maximum atomic E-state index is 12.2. The first-order valence-corrected chi connectivity index (χ1v) is 8.82. The Hall–Kier alpha value is -1.78. The van der Waals surface area contributed by atoms with Gasteiger partial charge in [0.05, 0.1) is 15.6 Å². The summed E-state index contributed by atoms with van der Waals surface area (Å²) in [5, 5.41) is 11.4. The molecule has 0 aliphatic rings. The SMILES string of the molecule is C=CS(=O)(=O)CCN(C)S(=O)(=O)c1cccc([N+](=O)[O-])c1. The van der Waals surface area contributed by atoms with Crippen LogP contribution >= 0.6 is 0 Å². The third kappa shape index (κ3) is 4.34. The third-order valence-electron chi connectivity index (χ3n) is 2.68. The van der Waals surface area contributed by atoms with Crippen molar-refractivity contribution >= 4 is 25.5 Å². The number of hydrogen-bond donors (Lipinski definition) is 0. The van der Waals surface area contributed by atoms with Gasteiger partial charge in [0, 0.05) is 31.1 Å². The maximum absolute atomic E-state index is 12.2. The zero-order chi connectivity index (χ0) is 16.3. The van der Waals surface area contributed by atoms with Gasteiger partial charge < -0.3 is 0 Å². The van der Waals surface area contributed by atoms with E-state index in [-0.39, 0.29) is 17.1 Å². The summed E-state index contributed by atoms with van der Waals surface area (Å²) in [6.45, 7) is 2.85. The van der Waals surface area contributed by atoms with Gasteiger partial charge in [-0.05, 0) is 6.07 Å². The summed E-state index contributed by atoms with van der Waals surface area (Å²) in [5.74, 6) is -0.416. The molecule has 0 N–H and O–H groups in total. The number of nitrogens with zero attached hydrogens (tertiary/aromatic N) is 2. The number of nitro groups is 1. The highest BCUT2D eigenvalue weighted by Crippen LogP contribution is 2.20. The van der Waals surface area contributed by atoms with Crippen molar-refractivity contribution in [1.82, 2.24) is 4.31 Å². The summed E-state index contributed by atoms with van der Waals surface area (Å²) in [7, 11) is -6.32. The molecule has 1 rings (SSSR count). The van der Waals surface area contributed by atoms with Crippen LogP contribution in [0.5, 0.6) is 0 Å². The minimum atomic E-state index is -4.00. The zero-order valence-electron chi connectivity index (χ0n) is 11.2. The Kier molecular flexibility index (Phi) is 5.20. The molecule has 0 unspecified atom stereocenters. The fourth-order valence-corrected chi connectivity index (χ4v) is 3.42. The van der Waals surface area contributed by atoms with Crippen molar-refractivity contribution < 1.29 is 21.8 Å². The molecule has 0 atom stereocenters. The summed E-state index contributed by atoms with van der Waals surface area (Å²) in [6.07, 6.45) is 0. The largest absolute Gasteiger partial charge is 0.270 e. The van der Waals surface area contributed by atoms with Crippen molar-refractivity contribution in [3.63, 3.8) is 0 Å². The smallest absolute Gasteiger partial charge is 0.258 e. The molecule has 0 aromatic heterocycles. The first-order chi connectivity index (χ1) is 9.60. The summed E-state index contributed by atoms with van der Waals surface area (Å²) in [6, 6.07) is 4.55. The van der Waals surface area contributed by atoms with Gasteiger partial charge in [0.15, 0.2) is 9.84 Å². The van der Waals surface area contributed by atoms with E-state index >= 15 is 0 Å². The molecule has 10 heteroatoms. The second kappa shape index (κ2) is 6.33. The Morgan fingerprint density at radius 3 is 2.48 bits per heavy atom. The van der Waals surface area contributed by atoms with Crippen molar-refractivity contribution in [3.05, 3.63) is 46.4 Å². The summed E-state index contributed by atoms with van der Waals surface area (Å²) < 4.78 is 47.8. The highest BCUT2D eigenvalue weighted by molar-refractivity contribution is 7.94. The molecule has 1 aromatic carbocycles. The lowest BCUT2D eigenvalue weighted by molar-refractivity contribution is -0.385. The van der Waals surface area contributed by atoms with E-state index in [2.05, 4.69) is 6.58 Å². The van der Waals surface area contributed by atoms with E-state index in [4.69, 9.17) is 0 Å². The summed E-state index contributed by atoms with van der Waals surface area (Å²) >= 11 is 0. The van der Waals surface area contributed by atoms with Crippen LogP contribution in [0.4, 0.5) is 5.69 Å². The first-order valence-electron chi connectivity index (χ1n) is 5.66.